The maximum Gasteiger partial charge on any atom is 0.126 e. The van der Waals surface area contributed by atoms with Gasteiger partial charge in [-0.1, -0.05) is 68.1 Å². The molecule has 2 heterocycles. The third-order valence-electron chi connectivity index (χ3n) is 5.10. The maximum absolute atomic E-state index is 4.57. The van der Waals surface area contributed by atoms with Crippen molar-refractivity contribution in [1.29, 1.82) is 0 Å². The van der Waals surface area contributed by atoms with E-state index in [4.69, 9.17) is 0 Å². The fourth-order valence-electron chi connectivity index (χ4n) is 3.59. The van der Waals surface area contributed by atoms with Crippen molar-refractivity contribution in [2.75, 3.05) is 0 Å². The van der Waals surface area contributed by atoms with E-state index in [1.807, 2.05) is 6.07 Å². The van der Waals surface area contributed by atoms with Crippen LogP contribution in [0.4, 0.5) is 0 Å². The second kappa shape index (κ2) is 7.28. The topological polar surface area (TPSA) is 29.3 Å². The molecule has 4 rings (SSSR count). The van der Waals surface area contributed by atoms with E-state index in [0.717, 1.165) is 10.6 Å². The van der Waals surface area contributed by atoms with E-state index < -0.39 is 0 Å². The van der Waals surface area contributed by atoms with Crippen LogP contribution in [0.25, 0.3) is 5.69 Å². The van der Waals surface area contributed by atoms with Crippen LogP contribution in [0.3, 0.4) is 0 Å². The van der Waals surface area contributed by atoms with Gasteiger partial charge in [-0.05, 0) is 43.5 Å². The number of thioether (sulfide) groups is 1. The average molecular weight is 376 g/mol. The summed E-state index contributed by atoms with van der Waals surface area (Å²) in [4.78, 5) is 0. The van der Waals surface area contributed by atoms with Crippen LogP contribution in [-0.4, -0.2) is 9.61 Å². The molecule has 27 heavy (non-hydrogen) atoms. The van der Waals surface area contributed by atoms with Crippen LogP contribution in [0.5, 0.6) is 0 Å². The van der Waals surface area contributed by atoms with Gasteiger partial charge in [0.25, 0.3) is 0 Å². The van der Waals surface area contributed by atoms with Gasteiger partial charge < -0.3 is 4.57 Å². The van der Waals surface area contributed by atoms with Gasteiger partial charge in [0, 0.05) is 28.2 Å². The molecule has 1 aromatic heterocycles. The lowest BCUT2D eigenvalue weighted by molar-refractivity contribution is 0.737. The van der Waals surface area contributed by atoms with Crippen LogP contribution in [0.1, 0.15) is 53.2 Å². The summed E-state index contributed by atoms with van der Waals surface area (Å²) in [7, 11) is 0. The largest absolute Gasteiger partial charge is 0.318 e. The lowest BCUT2D eigenvalue weighted by Gasteiger charge is -2.14. The van der Waals surface area contributed by atoms with Crippen molar-refractivity contribution in [2.45, 2.75) is 39.0 Å². The van der Waals surface area contributed by atoms with Crippen molar-refractivity contribution in [3.63, 3.8) is 0 Å². The van der Waals surface area contributed by atoms with E-state index in [9.17, 15) is 0 Å². The molecular weight excluding hydrogens is 350 g/mol. The molecule has 3 nitrogen and oxygen atoms in total. The average Bonchev–Trinajstić information content (AvgIpc) is 3.27. The summed E-state index contributed by atoms with van der Waals surface area (Å²) in [5, 5.41) is 5.76. The second-order valence-corrected chi connectivity index (χ2v) is 8.41. The van der Waals surface area contributed by atoms with Crippen LogP contribution in [0.15, 0.2) is 65.8 Å². The molecule has 0 unspecified atom stereocenters. The SMILES string of the molecule is Cc1cc([C@H]2NN=C(c3ccccc3)S2)c(C)n1-c1ccc(C(C)C)cc1. The predicted octanol–water partition coefficient (Wildman–Crippen LogP) is 5.91. The molecule has 1 aliphatic heterocycles. The molecule has 1 atom stereocenters. The smallest absolute Gasteiger partial charge is 0.126 e. The van der Waals surface area contributed by atoms with Gasteiger partial charge in [0.1, 0.15) is 10.4 Å². The molecule has 0 saturated carbocycles. The van der Waals surface area contributed by atoms with E-state index in [1.54, 1.807) is 11.8 Å². The highest BCUT2D eigenvalue weighted by Gasteiger charge is 2.26. The van der Waals surface area contributed by atoms with Gasteiger partial charge >= 0.3 is 0 Å². The first-order valence-corrected chi connectivity index (χ1v) is 10.3. The number of rotatable bonds is 4. The zero-order chi connectivity index (χ0) is 19.0. The van der Waals surface area contributed by atoms with E-state index >= 15 is 0 Å². The number of benzene rings is 2. The van der Waals surface area contributed by atoms with Crippen molar-refractivity contribution in [3.05, 3.63) is 88.7 Å². The lowest BCUT2D eigenvalue weighted by atomic mass is 10.0. The molecule has 2 aromatic carbocycles. The number of aryl methyl sites for hydroxylation is 1. The molecule has 0 fully saturated rings. The van der Waals surface area contributed by atoms with Gasteiger partial charge in [-0.25, -0.2) is 0 Å². The quantitative estimate of drug-likeness (QED) is 0.614. The molecule has 1 N–H and O–H groups in total. The Morgan fingerprint density at radius 1 is 1.00 bits per heavy atom. The third-order valence-corrected chi connectivity index (χ3v) is 6.25. The molecule has 0 bridgehead atoms. The van der Waals surface area contributed by atoms with Crippen molar-refractivity contribution in [2.24, 2.45) is 5.10 Å². The molecule has 138 valence electrons. The number of nitrogens with zero attached hydrogens (tertiary/aromatic N) is 2. The van der Waals surface area contributed by atoms with Crippen molar-refractivity contribution >= 4 is 16.8 Å². The molecule has 0 spiro atoms. The van der Waals surface area contributed by atoms with Gasteiger partial charge in [-0.3, -0.25) is 5.43 Å². The standard InChI is InChI=1S/C23H25N3S/c1-15(2)18-10-12-20(13-11-18)26-16(3)14-21(17(26)4)23-25-24-22(27-23)19-8-6-5-7-9-19/h5-15,23,25H,1-4H3/t23-/m0/s1. The molecule has 0 saturated heterocycles. The van der Waals surface area contributed by atoms with E-state index in [1.165, 1.54) is 28.2 Å². The highest BCUT2D eigenvalue weighted by atomic mass is 32.2. The number of aromatic nitrogens is 1. The van der Waals surface area contributed by atoms with Crippen LogP contribution in [0, 0.1) is 13.8 Å². The minimum absolute atomic E-state index is 0.148. The van der Waals surface area contributed by atoms with Gasteiger partial charge in [0.15, 0.2) is 0 Å². The Balaban J connectivity index is 1.60. The first-order chi connectivity index (χ1) is 13.0. The minimum atomic E-state index is 0.148. The van der Waals surface area contributed by atoms with E-state index in [0.29, 0.717) is 5.92 Å². The molecule has 0 aliphatic carbocycles. The fourth-order valence-corrected chi connectivity index (χ4v) is 4.66. The Kier molecular flexibility index (Phi) is 4.83. The number of hydrogen-bond acceptors (Lipinski definition) is 3. The summed E-state index contributed by atoms with van der Waals surface area (Å²) in [6, 6.07) is 21.5. The minimum Gasteiger partial charge on any atom is -0.318 e. The zero-order valence-corrected chi connectivity index (χ0v) is 17.0. The first-order valence-electron chi connectivity index (χ1n) is 9.39. The van der Waals surface area contributed by atoms with Gasteiger partial charge in [-0.2, -0.15) is 5.10 Å². The summed E-state index contributed by atoms with van der Waals surface area (Å²) in [6.07, 6.45) is 0. The number of hydrogen-bond donors (Lipinski definition) is 1. The maximum atomic E-state index is 4.57. The first kappa shape index (κ1) is 17.9. The third kappa shape index (κ3) is 3.42. The Bertz CT molecular complexity index is 969. The Morgan fingerprint density at radius 2 is 1.70 bits per heavy atom. The molecule has 0 radical (unpaired) electrons. The van der Waals surface area contributed by atoms with Gasteiger partial charge in [-0.15, -0.1) is 0 Å². The van der Waals surface area contributed by atoms with Crippen molar-refractivity contribution in [3.8, 4) is 5.69 Å². The van der Waals surface area contributed by atoms with Gasteiger partial charge in [0.2, 0.25) is 0 Å². The molecule has 1 aliphatic rings. The Hall–Kier alpha value is -2.46. The summed E-state index contributed by atoms with van der Waals surface area (Å²) >= 11 is 1.78. The molecule has 0 amide bonds. The van der Waals surface area contributed by atoms with Gasteiger partial charge in [0.05, 0.1) is 0 Å². The van der Waals surface area contributed by atoms with Crippen molar-refractivity contribution in [1.82, 2.24) is 9.99 Å². The van der Waals surface area contributed by atoms with E-state index in [2.05, 4.69) is 97.4 Å². The highest BCUT2D eigenvalue weighted by molar-refractivity contribution is 8.14. The van der Waals surface area contributed by atoms with E-state index in [-0.39, 0.29) is 5.37 Å². The van der Waals surface area contributed by atoms with Crippen molar-refractivity contribution < 1.29 is 0 Å². The predicted molar refractivity (Wildman–Crippen MR) is 116 cm³/mol. The highest BCUT2D eigenvalue weighted by Crippen LogP contribution is 2.37. The Morgan fingerprint density at radius 3 is 2.37 bits per heavy atom. The lowest BCUT2D eigenvalue weighted by Crippen LogP contribution is -2.08. The zero-order valence-electron chi connectivity index (χ0n) is 16.2. The fraction of sp³-hybridized carbons (Fsp3) is 0.261. The number of hydrazone groups is 1. The van der Waals surface area contributed by atoms with Crippen LogP contribution in [-0.2, 0) is 0 Å². The summed E-state index contributed by atoms with van der Waals surface area (Å²) in [6.45, 7) is 8.83. The Labute approximate surface area is 165 Å². The second-order valence-electron chi connectivity index (χ2n) is 7.32. The molecule has 4 heteroatoms. The summed E-state index contributed by atoms with van der Waals surface area (Å²) in [5.74, 6) is 0.550. The normalized spacial score (nSPS) is 16.5. The number of nitrogens with one attached hydrogen (secondary N) is 1. The van der Waals surface area contributed by atoms with Crippen LogP contribution in [0.2, 0.25) is 0 Å². The van der Waals surface area contributed by atoms with Crippen LogP contribution < -0.4 is 5.43 Å². The summed E-state index contributed by atoms with van der Waals surface area (Å²) < 4.78 is 2.34. The summed E-state index contributed by atoms with van der Waals surface area (Å²) in [5.41, 5.74) is 10.9. The molecule has 3 aromatic rings. The monoisotopic (exact) mass is 375 g/mol. The van der Waals surface area contributed by atoms with Crippen LogP contribution >= 0.6 is 11.8 Å². The molecular formula is C23H25N3S.